The Kier molecular flexibility index (Phi) is 5.80. The Bertz CT molecular complexity index is 1040. The SMILES string of the molecule is Cc1c(C(=O)N2CCC(Cc3ccccc3)CC2)cnn1-c1ccc(C(F)(F)F)cn1. The highest BCUT2D eigenvalue weighted by atomic mass is 19.4. The van der Waals surface area contributed by atoms with Crippen molar-refractivity contribution in [2.24, 2.45) is 5.92 Å². The largest absolute Gasteiger partial charge is 0.417 e. The number of hydrogen-bond donors (Lipinski definition) is 0. The first-order chi connectivity index (χ1) is 14.8. The first-order valence-electron chi connectivity index (χ1n) is 10.2. The number of aromatic nitrogens is 3. The van der Waals surface area contributed by atoms with Crippen LogP contribution in [0.4, 0.5) is 13.2 Å². The third kappa shape index (κ3) is 4.62. The number of hydrogen-bond acceptors (Lipinski definition) is 3. The fourth-order valence-corrected chi connectivity index (χ4v) is 3.99. The minimum Gasteiger partial charge on any atom is -0.339 e. The molecule has 8 heteroatoms. The van der Waals surface area contributed by atoms with Gasteiger partial charge in [0.2, 0.25) is 0 Å². The van der Waals surface area contributed by atoms with Gasteiger partial charge >= 0.3 is 6.18 Å². The zero-order valence-electron chi connectivity index (χ0n) is 17.1. The lowest BCUT2D eigenvalue weighted by molar-refractivity contribution is -0.137. The summed E-state index contributed by atoms with van der Waals surface area (Å²) in [5.74, 6) is 0.687. The van der Waals surface area contributed by atoms with Gasteiger partial charge in [-0.2, -0.15) is 18.3 Å². The van der Waals surface area contributed by atoms with E-state index < -0.39 is 11.7 Å². The minimum absolute atomic E-state index is 0.103. The Hall–Kier alpha value is -3.16. The maximum absolute atomic E-state index is 13.0. The van der Waals surface area contributed by atoms with Crippen LogP contribution < -0.4 is 0 Å². The van der Waals surface area contributed by atoms with Crippen LogP contribution in [-0.4, -0.2) is 38.7 Å². The summed E-state index contributed by atoms with van der Waals surface area (Å²) in [6, 6.07) is 12.6. The highest BCUT2D eigenvalue weighted by molar-refractivity contribution is 5.95. The van der Waals surface area contributed by atoms with Crippen LogP contribution in [0, 0.1) is 12.8 Å². The van der Waals surface area contributed by atoms with E-state index in [1.54, 1.807) is 6.92 Å². The molecule has 2 aromatic heterocycles. The summed E-state index contributed by atoms with van der Waals surface area (Å²) >= 11 is 0. The Balaban J connectivity index is 1.41. The van der Waals surface area contributed by atoms with Gasteiger partial charge in [-0.1, -0.05) is 30.3 Å². The van der Waals surface area contributed by atoms with Gasteiger partial charge in [-0.05, 0) is 49.8 Å². The van der Waals surface area contributed by atoms with Crippen molar-refractivity contribution in [3.8, 4) is 5.82 Å². The van der Waals surface area contributed by atoms with E-state index in [0.29, 0.717) is 30.3 Å². The van der Waals surface area contributed by atoms with E-state index in [4.69, 9.17) is 0 Å². The van der Waals surface area contributed by atoms with E-state index in [2.05, 4.69) is 22.2 Å². The summed E-state index contributed by atoms with van der Waals surface area (Å²) in [7, 11) is 0. The van der Waals surface area contributed by atoms with Crippen LogP contribution in [0.3, 0.4) is 0 Å². The van der Waals surface area contributed by atoms with Gasteiger partial charge in [0.25, 0.3) is 5.91 Å². The average Bonchev–Trinajstić information content (AvgIpc) is 3.15. The number of rotatable bonds is 4. The number of piperidine rings is 1. The molecule has 31 heavy (non-hydrogen) atoms. The summed E-state index contributed by atoms with van der Waals surface area (Å²) in [6.07, 6.45) is 0.683. The number of halogens is 3. The first-order valence-corrected chi connectivity index (χ1v) is 10.2. The lowest BCUT2D eigenvalue weighted by atomic mass is 9.90. The van der Waals surface area contributed by atoms with Gasteiger partial charge in [0, 0.05) is 19.3 Å². The number of benzene rings is 1. The Morgan fingerprint density at radius 3 is 2.39 bits per heavy atom. The van der Waals surface area contributed by atoms with Crippen LogP contribution in [-0.2, 0) is 12.6 Å². The molecule has 0 spiro atoms. The number of pyridine rings is 1. The molecule has 0 unspecified atom stereocenters. The van der Waals surface area contributed by atoms with Crippen molar-refractivity contribution in [1.82, 2.24) is 19.7 Å². The molecule has 0 saturated carbocycles. The molecule has 0 radical (unpaired) electrons. The topological polar surface area (TPSA) is 51.0 Å². The van der Waals surface area contributed by atoms with Crippen LogP contribution in [0.5, 0.6) is 0 Å². The molecule has 3 heterocycles. The van der Waals surface area contributed by atoms with Gasteiger partial charge in [0.05, 0.1) is 23.0 Å². The molecule has 1 aliphatic rings. The molecule has 1 fully saturated rings. The predicted molar refractivity (Wildman–Crippen MR) is 110 cm³/mol. The van der Waals surface area contributed by atoms with Crippen LogP contribution in [0.15, 0.2) is 54.9 Å². The lowest BCUT2D eigenvalue weighted by Crippen LogP contribution is -2.39. The van der Waals surface area contributed by atoms with E-state index in [-0.39, 0.29) is 11.7 Å². The molecule has 0 aliphatic carbocycles. The van der Waals surface area contributed by atoms with E-state index in [9.17, 15) is 18.0 Å². The zero-order valence-corrected chi connectivity index (χ0v) is 17.1. The fraction of sp³-hybridized carbons (Fsp3) is 0.348. The summed E-state index contributed by atoms with van der Waals surface area (Å²) in [6.45, 7) is 3.08. The van der Waals surface area contributed by atoms with Crippen LogP contribution in [0.1, 0.15) is 40.0 Å². The second-order valence-corrected chi connectivity index (χ2v) is 7.88. The van der Waals surface area contributed by atoms with Crippen molar-refractivity contribution in [3.63, 3.8) is 0 Å². The molecule has 5 nitrogen and oxygen atoms in total. The molecule has 1 aliphatic heterocycles. The fourth-order valence-electron chi connectivity index (χ4n) is 3.99. The molecule has 1 aromatic carbocycles. The lowest BCUT2D eigenvalue weighted by Gasteiger charge is -2.32. The molecular weight excluding hydrogens is 405 g/mol. The summed E-state index contributed by atoms with van der Waals surface area (Å²) in [5.41, 5.74) is 1.50. The summed E-state index contributed by atoms with van der Waals surface area (Å²) < 4.78 is 39.7. The normalized spacial score (nSPS) is 15.3. The smallest absolute Gasteiger partial charge is 0.339 e. The minimum atomic E-state index is -4.45. The van der Waals surface area contributed by atoms with Crippen LogP contribution >= 0.6 is 0 Å². The number of likely N-dealkylation sites (tertiary alicyclic amines) is 1. The average molecular weight is 428 g/mol. The van der Waals surface area contributed by atoms with Gasteiger partial charge in [-0.15, -0.1) is 0 Å². The second kappa shape index (κ2) is 8.53. The highest BCUT2D eigenvalue weighted by Crippen LogP contribution is 2.29. The maximum Gasteiger partial charge on any atom is 0.417 e. The molecule has 0 N–H and O–H groups in total. The summed E-state index contributed by atoms with van der Waals surface area (Å²) in [5, 5.41) is 4.19. The standard InChI is InChI=1S/C23H23F3N4O/c1-16-20(15-28-30(16)21-8-7-19(14-27-21)23(24,25)26)22(31)29-11-9-18(10-12-29)13-17-5-3-2-4-6-17/h2-8,14-15,18H,9-13H2,1H3. The molecule has 0 bridgehead atoms. The number of nitrogens with zero attached hydrogens (tertiary/aromatic N) is 4. The van der Waals surface area contributed by atoms with Crippen molar-refractivity contribution in [3.05, 3.63) is 77.2 Å². The highest BCUT2D eigenvalue weighted by Gasteiger charge is 2.31. The van der Waals surface area contributed by atoms with E-state index in [0.717, 1.165) is 31.5 Å². The van der Waals surface area contributed by atoms with Crippen molar-refractivity contribution in [2.75, 3.05) is 13.1 Å². The number of alkyl halides is 3. The van der Waals surface area contributed by atoms with Gasteiger partial charge < -0.3 is 4.90 Å². The number of amides is 1. The summed E-state index contributed by atoms with van der Waals surface area (Å²) in [4.78, 5) is 18.7. The van der Waals surface area contributed by atoms with Gasteiger partial charge in [0.1, 0.15) is 0 Å². The Labute approximate surface area is 178 Å². The van der Waals surface area contributed by atoms with Gasteiger partial charge in [0.15, 0.2) is 5.82 Å². The third-order valence-electron chi connectivity index (χ3n) is 5.80. The predicted octanol–water partition coefficient (Wildman–Crippen LogP) is 4.69. The molecular formula is C23H23F3N4O. The third-order valence-corrected chi connectivity index (χ3v) is 5.80. The molecule has 3 aromatic rings. The molecule has 162 valence electrons. The number of carbonyl (C=O) groups is 1. The van der Waals surface area contributed by atoms with E-state index in [1.165, 1.54) is 22.5 Å². The van der Waals surface area contributed by atoms with Crippen molar-refractivity contribution in [2.45, 2.75) is 32.4 Å². The van der Waals surface area contributed by atoms with Crippen LogP contribution in [0.25, 0.3) is 5.82 Å². The second-order valence-electron chi connectivity index (χ2n) is 7.88. The molecule has 1 saturated heterocycles. The molecule has 4 rings (SSSR count). The Morgan fingerprint density at radius 1 is 1.06 bits per heavy atom. The maximum atomic E-state index is 13.0. The van der Waals surface area contributed by atoms with Gasteiger partial charge in [-0.25, -0.2) is 9.67 Å². The Morgan fingerprint density at radius 2 is 1.77 bits per heavy atom. The first kappa shape index (κ1) is 21.1. The van der Waals surface area contributed by atoms with E-state index in [1.807, 2.05) is 23.1 Å². The number of carbonyl (C=O) groups excluding carboxylic acids is 1. The van der Waals surface area contributed by atoms with Gasteiger partial charge in [-0.3, -0.25) is 4.79 Å². The van der Waals surface area contributed by atoms with Crippen molar-refractivity contribution >= 4 is 5.91 Å². The molecule has 1 amide bonds. The van der Waals surface area contributed by atoms with Crippen LogP contribution in [0.2, 0.25) is 0 Å². The monoisotopic (exact) mass is 428 g/mol. The molecule has 0 atom stereocenters. The van der Waals surface area contributed by atoms with E-state index >= 15 is 0 Å². The van der Waals surface area contributed by atoms with Crippen molar-refractivity contribution < 1.29 is 18.0 Å². The van der Waals surface area contributed by atoms with Crippen molar-refractivity contribution in [1.29, 1.82) is 0 Å². The zero-order chi connectivity index (χ0) is 22.0. The quantitative estimate of drug-likeness (QED) is 0.606.